The van der Waals surface area contributed by atoms with Gasteiger partial charge in [-0.1, -0.05) is 30.3 Å². The van der Waals surface area contributed by atoms with Gasteiger partial charge in [0.1, 0.15) is 24.7 Å². The van der Waals surface area contributed by atoms with Crippen molar-refractivity contribution in [1.29, 1.82) is 0 Å². The summed E-state index contributed by atoms with van der Waals surface area (Å²) in [7, 11) is 3.38. The molecule has 0 aliphatic heterocycles. The average Bonchev–Trinajstić information content (AvgIpc) is 2.71. The van der Waals surface area contributed by atoms with Crippen molar-refractivity contribution in [3.63, 3.8) is 0 Å². The molecule has 2 aromatic carbocycles. The molecule has 1 amide bonds. The van der Waals surface area contributed by atoms with E-state index in [-0.39, 0.29) is 11.9 Å². The molecule has 0 saturated heterocycles. The number of nitrogens with zero attached hydrogens (tertiary/aromatic N) is 3. The van der Waals surface area contributed by atoms with Crippen molar-refractivity contribution in [2.45, 2.75) is 6.92 Å². The molecule has 0 unspecified atom stereocenters. The van der Waals surface area contributed by atoms with E-state index in [9.17, 15) is 4.79 Å². The predicted octanol–water partition coefficient (Wildman–Crippen LogP) is 3.19. The molecule has 29 heavy (non-hydrogen) atoms. The van der Waals surface area contributed by atoms with Gasteiger partial charge in [0.2, 0.25) is 5.95 Å². The monoisotopic (exact) mass is 392 g/mol. The Balaban J connectivity index is 1.78. The summed E-state index contributed by atoms with van der Waals surface area (Å²) < 4.78 is 11.4. The second-order valence-corrected chi connectivity index (χ2v) is 6.63. The van der Waals surface area contributed by atoms with Crippen LogP contribution in [0.1, 0.15) is 16.1 Å². The van der Waals surface area contributed by atoms with Crippen LogP contribution in [-0.4, -0.2) is 48.1 Å². The number of aromatic nitrogens is 2. The van der Waals surface area contributed by atoms with Crippen molar-refractivity contribution in [2.75, 3.05) is 33.0 Å². The first-order chi connectivity index (χ1) is 14.0. The normalized spacial score (nSPS) is 10.4. The van der Waals surface area contributed by atoms with E-state index in [4.69, 9.17) is 15.2 Å². The maximum atomic E-state index is 12.7. The van der Waals surface area contributed by atoms with Crippen LogP contribution in [0.15, 0.2) is 54.6 Å². The Kier molecular flexibility index (Phi) is 6.29. The molecule has 2 N–H and O–H groups in total. The zero-order valence-electron chi connectivity index (χ0n) is 16.8. The van der Waals surface area contributed by atoms with E-state index in [1.165, 1.54) is 4.90 Å². The third-order valence-corrected chi connectivity index (χ3v) is 4.20. The van der Waals surface area contributed by atoms with Crippen molar-refractivity contribution < 1.29 is 14.3 Å². The highest BCUT2D eigenvalue weighted by molar-refractivity contribution is 6.00. The fourth-order valence-electron chi connectivity index (χ4n) is 2.85. The molecule has 0 aliphatic carbocycles. The Bertz CT molecular complexity index is 991. The quantitative estimate of drug-likeness (QED) is 0.621. The summed E-state index contributed by atoms with van der Waals surface area (Å²) in [5.74, 6) is 1.39. The predicted molar refractivity (Wildman–Crippen MR) is 112 cm³/mol. The molecule has 1 heterocycles. The lowest BCUT2D eigenvalue weighted by molar-refractivity contribution is 0.0827. The van der Waals surface area contributed by atoms with Gasteiger partial charge in [0.05, 0.1) is 17.0 Å². The van der Waals surface area contributed by atoms with Crippen LogP contribution >= 0.6 is 0 Å². The Morgan fingerprint density at radius 1 is 0.966 bits per heavy atom. The number of para-hydroxylation sites is 1. The van der Waals surface area contributed by atoms with E-state index < -0.39 is 0 Å². The van der Waals surface area contributed by atoms with E-state index in [2.05, 4.69) is 9.97 Å². The van der Waals surface area contributed by atoms with Gasteiger partial charge in [-0.25, -0.2) is 9.97 Å². The molecule has 0 radical (unpaired) electrons. The van der Waals surface area contributed by atoms with Gasteiger partial charge >= 0.3 is 0 Å². The van der Waals surface area contributed by atoms with Gasteiger partial charge in [0, 0.05) is 19.7 Å². The number of ether oxygens (including phenoxy) is 2. The summed E-state index contributed by atoms with van der Waals surface area (Å²) >= 11 is 0. The molecule has 0 saturated carbocycles. The Morgan fingerprint density at radius 2 is 1.62 bits per heavy atom. The summed E-state index contributed by atoms with van der Waals surface area (Å²) in [6.45, 7) is 2.55. The minimum absolute atomic E-state index is 0.121. The fraction of sp³-hybridized carbons (Fsp3) is 0.227. The van der Waals surface area contributed by atoms with Crippen LogP contribution in [0, 0.1) is 6.92 Å². The lowest BCUT2D eigenvalue weighted by Crippen LogP contribution is -2.24. The highest BCUT2D eigenvalue weighted by atomic mass is 16.5. The molecule has 7 heteroatoms. The van der Waals surface area contributed by atoms with Crippen LogP contribution in [0.5, 0.6) is 11.5 Å². The molecule has 3 rings (SSSR count). The first kappa shape index (κ1) is 20.1. The topological polar surface area (TPSA) is 90.6 Å². The summed E-state index contributed by atoms with van der Waals surface area (Å²) in [5.41, 5.74) is 8.02. The molecule has 1 aromatic heterocycles. The van der Waals surface area contributed by atoms with Gasteiger partial charge in [0.25, 0.3) is 5.91 Å². The molecule has 0 spiro atoms. The number of carbonyl (C=O) groups excluding carboxylic acids is 1. The maximum Gasteiger partial charge on any atom is 0.257 e. The molecule has 0 fully saturated rings. The average molecular weight is 392 g/mol. The summed E-state index contributed by atoms with van der Waals surface area (Å²) in [5, 5.41) is 0. The molecular weight excluding hydrogens is 368 g/mol. The van der Waals surface area contributed by atoms with E-state index in [1.54, 1.807) is 21.0 Å². The second kappa shape index (κ2) is 9.05. The molecule has 0 bridgehead atoms. The Hall–Kier alpha value is -3.61. The number of hydrogen-bond acceptors (Lipinski definition) is 6. The number of nitrogens with two attached hydrogens (primary N) is 1. The van der Waals surface area contributed by atoms with E-state index >= 15 is 0 Å². The number of amides is 1. The van der Waals surface area contributed by atoms with E-state index in [1.807, 2.05) is 54.6 Å². The number of rotatable bonds is 7. The number of benzene rings is 2. The number of carbonyl (C=O) groups is 1. The zero-order chi connectivity index (χ0) is 20.8. The first-order valence-electron chi connectivity index (χ1n) is 9.22. The molecule has 3 aromatic rings. The lowest BCUT2D eigenvalue weighted by atomic mass is 10.0. The van der Waals surface area contributed by atoms with Crippen LogP contribution in [0.4, 0.5) is 5.95 Å². The highest BCUT2D eigenvalue weighted by Crippen LogP contribution is 2.28. The van der Waals surface area contributed by atoms with Crippen molar-refractivity contribution in [3.8, 4) is 22.8 Å². The number of aryl methyl sites for hydroxylation is 1. The smallest absolute Gasteiger partial charge is 0.257 e. The summed E-state index contributed by atoms with van der Waals surface area (Å²) in [4.78, 5) is 22.6. The standard InChI is InChI=1S/C22H24N4O3/c1-15-19(21(27)26(2)3)20(25-22(23)24-15)16-8-7-11-18(14-16)29-13-12-28-17-9-5-4-6-10-17/h4-11,14H,12-13H2,1-3H3,(H2,23,24,25). The minimum atomic E-state index is -0.180. The number of hydrogen-bond donors (Lipinski definition) is 1. The zero-order valence-corrected chi connectivity index (χ0v) is 16.8. The summed E-state index contributed by atoms with van der Waals surface area (Å²) in [6.07, 6.45) is 0. The number of anilines is 1. The van der Waals surface area contributed by atoms with E-state index in [0.717, 1.165) is 11.3 Å². The minimum Gasteiger partial charge on any atom is -0.490 e. The Labute approximate surface area is 170 Å². The van der Waals surface area contributed by atoms with Crippen molar-refractivity contribution in [2.24, 2.45) is 0 Å². The van der Waals surface area contributed by atoms with Gasteiger partial charge in [-0.15, -0.1) is 0 Å². The van der Waals surface area contributed by atoms with Gasteiger partial charge in [-0.3, -0.25) is 4.79 Å². The SMILES string of the molecule is Cc1nc(N)nc(-c2cccc(OCCOc3ccccc3)c2)c1C(=O)N(C)C. The molecule has 0 aliphatic rings. The summed E-state index contributed by atoms with van der Waals surface area (Å²) in [6, 6.07) is 16.9. The molecule has 7 nitrogen and oxygen atoms in total. The van der Waals surface area contributed by atoms with Gasteiger partial charge in [-0.05, 0) is 31.2 Å². The fourth-order valence-corrected chi connectivity index (χ4v) is 2.85. The Morgan fingerprint density at radius 3 is 2.31 bits per heavy atom. The first-order valence-corrected chi connectivity index (χ1v) is 9.22. The van der Waals surface area contributed by atoms with Crippen LogP contribution in [0.25, 0.3) is 11.3 Å². The second-order valence-electron chi connectivity index (χ2n) is 6.63. The highest BCUT2D eigenvalue weighted by Gasteiger charge is 2.21. The van der Waals surface area contributed by atoms with Gasteiger partial charge in [0.15, 0.2) is 0 Å². The molecular formula is C22H24N4O3. The third kappa shape index (κ3) is 5.01. The van der Waals surface area contributed by atoms with Gasteiger partial charge < -0.3 is 20.1 Å². The molecule has 150 valence electrons. The van der Waals surface area contributed by atoms with Gasteiger partial charge in [-0.2, -0.15) is 0 Å². The largest absolute Gasteiger partial charge is 0.490 e. The van der Waals surface area contributed by atoms with Crippen LogP contribution < -0.4 is 15.2 Å². The number of nitrogen functional groups attached to an aromatic ring is 1. The van der Waals surface area contributed by atoms with Crippen LogP contribution in [-0.2, 0) is 0 Å². The lowest BCUT2D eigenvalue weighted by Gasteiger charge is -2.16. The van der Waals surface area contributed by atoms with Crippen molar-refractivity contribution >= 4 is 11.9 Å². The van der Waals surface area contributed by atoms with E-state index in [0.29, 0.717) is 35.9 Å². The maximum absolute atomic E-state index is 12.7. The third-order valence-electron chi connectivity index (χ3n) is 4.20. The van der Waals surface area contributed by atoms with Crippen LogP contribution in [0.3, 0.4) is 0 Å². The van der Waals surface area contributed by atoms with Crippen LogP contribution in [0.2, 0.25) is 0 Å². The van der Waals surface area contributed by atoms with Crippen molar-refractivity contribution in [1.82, 2.24) is 14.9 Å². The van der Waals surface area contributed by atoms with Crippen molar-refractivity contribution in [3.05, 3.63) is 65.9 Å². The molecule has 0 atom stereocenters.